The molecule has 0 spiro atoms. The van der Waals surface area contributed by atoms with E-state index in [-0.39, 0.29) is 11.1 Å². The first-order valence-corrected chi connectivity index (χ1v) is 56.4. The molecule has 10 aliphatic heterocycles. The molecule has 20 nitrogen and oxygen atoms in total. The van der Waals surface area contributed by atoms with Crippen molar-refractivity contribution in [2.24, 2.45) is 17.8 Å². The Bertz CT molecular complexity index is 5760. The van der Waals surface area contributed by atoms with Gasteiger partial charge in [-0.25, -0.2) is 24.9 Å². The smallest absolute Gasteiger partial charge is 0.115 e. The molecule has 20 heteroatoms. The summed E-state index contributed by atoms with van der Waals surface area (Å²) in [6.45, 7) is 39.8. The van der Waals surface area contributed by atoms with E-state index in [9.17, 15) is 0 Å². The number of piperidine rings is 5. The SMILES string of the molecule is CC(C)(c1ccccc1)N1CCC(n2c(C3CNC3)nc3ccccc32)CC1.CC(C)(c1ccccc1)N1CCC(n2c([C@@H]3CCNC3)nc3ccccc32)CC1.C[C@@H](C1CCCCC1)N1CCC(n2c(C3CNC3)nc3ccccc32)CC1.C[C@@H](C1CCCCC1)N1CCC(n2c([C@H]3CCNC3)nc3ccccc32)CC1.C[C@H](C1CCCCC1)N1CCC(n2c([C@H]3CCNC3)nc3ccccc32)CC1. The first kappa shape index (κ1) is 97.6. The van der Waals surface area contributed by atoms with Crippen LogP contribution in [-0.2, 0) is 11.1 Å². The molecule has 748 valence electrons. The zero-order chi connectivity index (χ0) is 95.1. The van der Waals surface area contributed by atoms with Gasteiger partial charge in [-0.05, 0) is 280 Å². The fraction of sp³-hybridized carbons (Fsp3) is 0.608. The number of hydrogen-bond acceptors (Lipinski definition) is 15. The molecule has 10 saturated heterocycles. The summed E-state index contributed by atoms with van der Waals surface area (Å²) in [5, 5.41) is 17.5. The number of para-hydroxylation sites is 10. The Labute approximate surface area is 837 Å². The molecule has 13 aliphatic rings. The quantitative estimate of drug-likeness (QED) is 0.0489. The molecule has 0 amide bonds. The van der Waals surface area contributed by atoms with Crippen LogP contribution in [0.25, 0.3) is 55.2 Å². The van der Waals surface area contributed by atoms with Crippen molar-refractivity contribution in [1.29, 1.82) is 0 Å². The van der Waals surface area contributed by atoms with Crippen molar-refractivity contribution in [3.63, 3.8) is 0 Å². The largest absolute Gasteiger partial charge is 0.324 e. The molecule has 3 aliphatic carbocycles. The van der Waals surface area contributed by atoms with Gasteiger partial charge in [-0.2, -0.15) is 0 Å². The average molecular weight is 1890 g/mol. The Morgan fingerprint density at radius 2 is 0.450 bits per heavy atom. The third kappa shape index (κ3) is 21.2. The van der Waals surface area contributed by atoms with Crippen LogP contribution in [0, 0.1) is 17.8 Å². The molecule has 0 bridgehead atoms. The van der Waals surface area contributed by atoms with Gasteiger partial charge in [0.25, 0.3) is 0 Å². The Balaban J connectivity index is 0.000000104. The number of fused-ring (bicyclic) bond motifs is 5. The highest BCUT2D eigenvalue weighted by Gasteiger charge is 2.42. The lowest BCUT2D eigenvalue weighted by Gasteiger charge is -2.44. The summed E-state index contributed by atoms with van der Waals surface area (Å²) in [6.07, 6.45) is 37.8. The molecule has 0 unspecified atom stereocenters. The van der Waals surface area contributed by atoms with E-state index in [1.165, 1.54) is 303 Å². The molecule has 13 fully saturated rings. The monoisotopic (exact) mass is 1890 g/mol. The molecule has 6 atom stereocenters. The summed E-state index contributed by atoms with van der Waals surface area (Å²) in [4.78, 5) is 39.1. The number of benzene rings is 7. The summed E-state index contributed by atoms with van der Waals surface area (Å²) in [5.74, 6) is 12.2. The predicted molar refractivity (Wildman–Crippen MR) is 577 cm³/mol. The first-order chi connectivity index (χ1) is 68.7. The summed E-state index contributed by atoms with van der Waals surface area (Å²) in [5.41, 5.74) is 15.5. The minimum Gasteiger partial charge on any atom is -0.324 e. The van der Waals surface area contributed by atoms with Gasteiger partial charge in [-0.1, -0.05) is 179 Å². The molecule has 3 saturated carbocycles. The summed E-state index contributed by atoms with van der Waals surface area (Å²) >= 11 is 0. The fourth-order valence-corrected chi connectivity index (χ4v) is 28.1. The van der Waals surface area contributed by atoms with Crippen molar-refractivity contribution in [1.82, 2.24) is 98.8 Å². The van der Waals surface area contributed by atoms with E-state index in [4.69, 9.17) is 24.9 Å². The van der Waals surface area contributed by atoms with E-state index in [1.807, 2.05) is 0 Å². The second kappa shape index (κ2) is 45.0. The van der Waals surface area contributed by atoms with E-state index < -0.39 is 0 Å². The molecule has 15 heterocycles. The number of likely N-dealkylation sites (tertiary alicyclic amines) is 5. The maximum absolute atomic E-state index is 5.11. The van der Waals surface area contributed by atoms with Crippen molar-refractivity contribution < 1.29 is 0 Å². The molecule has 7 aromatic carbocycles. The van der Waals surface area contributed by atoms with Crippen LogP contribution in [-0.4, -0.2) is 221 Å². The third-order valence-electron chi connectivity index (χ3n) is 37.2. The highest BCUT2D eigenvalue weighted by molar-refractivity contribution is 5.80. The van der Waals surface area contributed by atoms with Crippen LogP contribution in [0.2, 0.25) is 0 Å². The minimum absolute atomic E-state index is 0.0709. The van der Waals surface area contributed by atoms with Crippen molar-refractivity contribution in [3.8, 4) is 0 Å². The Hall–Kier alpha value is -8.51. The predicted octanol–water partition coefficient (Wildman–Crippen LogP) is 22.7. The second-order valence-electron chi connectivity index (χ2n) is 45.9. The average Bonchev–Trinajstić information content (AvgIpc) is 1.61. The molecular weight excluding hydrogens is 1720 g/mol. The van der Waals surface area contributed by atoms with E-state index in [0.29, 0.717) is 59.8 Å². The highest BCUT2D eigenvalue weighted by Crippen LogP contribution is 2.45. The molecular formula is C120H168N20. The van der Waals surface area contributed by atoms with Gasteiger partial charge in [0.15, 0.2) is 0 Å². The fourth-order valence-electron chi connectivity index (χ4n) is 28.1. The third-order valence-corrected chi connectivity index (χ3v) is 37.2. The summed E-state index contributed by atoms with van der Waals surface area (Å²) < 4.78 is 13.1. The minimum atomic E-state index is 0.0709. The van der Waals surface area contributed by atoms with Crippen LogP contribution >= 0.6 is 0 Å². The number of nitrogens with zero attached hydrogens (tertiary/aromatic N) is 15. The molecule has 140 heavy (non-hydrogen) atoms. The lowest BCUT2D eigenvalue weighted by atomic mass is 9.83. The number of rotatable bonds is 20. The van der Waals surface area contributed by atoms with Gasteiger partial charge in [0.2, 0.25) is 0 Å². The first-order valence-electron chi connectivity index (χ1n) is 56.4. The molecule has 5 aromatic heterocycles. The van der Waals surface area contributed by atoms with Gasteiger partial charge in [-0.15, -0.1) is 0 Å². The lowest BCUT2D eigenvalue weighted by molar-refractivity contribution is 0.0751. The van der Waals surface area contributed by atoms with Gasteiger partial charge in [0, 0.05) is 200 Å². The van der Waals surface area contributed by atoms with Gasteiger partial charge >= 0.3 is 0 Å². The van der Waals surface area contributed by atoms with Crippen molar-refractivity contribution in [3.05, 3.63) is 222 Å². The van der Waals surface area contributed by atoms with Crippen LogP contribution in [0.15, 0.2) is 182 Å². The van der Waals surface area contributed by atoms with E-state index in [1.54, 1.807) is 0 Å². The van der Waals surface area contributed by atoms with Gasteiger partial charge < -0.3 is 64.1 Å². The Morgan fingerprint density at radius 3 is 0.671 bits per heavy atom. The zero-order valence-electron chi connectivity index (χ0n) is 86.2. The number of imidazole rings is 5. The molecule has 5 N–H and O–H groups in total. The summed E-state index contributed by atoms with van der Waals surface area (Å²) in [7, 11) is 0. The molecule has 0 radical (unpaired) electrons. The maximum atomic E-state index is 5.11. The van der Waals surface area contributed by atoms with Crippen molar-refractivity contribution in [2.45, 2.75) is 317 Å². The standard InChI is InChI=1S/C25H32N4.C24H30N4.2C24H36N4.C23H34N4/c1-25(2,20-8-4-3-5-9-20)28-16-13-21(14-17-28)29-23-11-7-6-10-22(23)27-24(29)19-12-15-26-18-19;1-24(2,19-8-4-3-5-9-19)27-14-12-20(13-15-27)28-22-11-7-6-10-21(22)26-23(28)18-16-25-17-18;2*1-18(19-7-3-2-4-8-19)27-15-12-21(13-16-27)28-23-10-6-5-9-22(23)26-24(28)20-11-14-25-17-20;1-17(18-7-3-2-4-8-18)26-13-11-20(12-14-26)27-22-10-6-5-9-21(22)25-23(27)19-15-24-16-19/h3-11,19,21,26H,12-18H2,1-2H3;3-11,18,20,25H,12-17H2,1-2H3;2*5-6,9-10,18-21,25H,2-4,7-8,11-17H2,1H3;5-6,9-10,17-20,24H,2-4,7-8,11-16H2,1H3/t19-;;18-,20+;18-,20-;17-/m1.100/s1. The topological polar surface area (TPSA) is 165 Å². The van der Waals surface area contributed by atoms with Crippen LogP contribution in [0.4, 0.5) is 0 Å². The van der Waals surface area contributed by atoms with Gasteiger partial charge in [-0.3, -0.25) is 9.80 Å². The van der Waals surface area contributed by atoms with Crippen LogP contribution in [0.3, 0.4) is 0 Å². The van der Waals surface area contributed by atoms with Crippen LogP contribution in [0.1, 0.15) is 328 Å². The van der Waals surface area contributed by atoms with E-state index in [0.717, 1.165) is 139 Å². The second-order valence-corrected chi connectivity index (χ2v) is 45.9. The van der Waals surface area contributed by atoms with Crippen LogP contribution < -0.4 is 26.6 Å². The van der Waals surface area contributed by atoms with Gasteiger partial charge in [0.1, 0.15) is 29.1 Å². The number of nitrogens with one attached hydrogen (secondary N) is 5. The van der Waals surface area contributed by atoms with Crippen molar-refractivity contribution in [2.75, 3.05) is 131 Å². The Morgan fingerprint density at radius 1 is 0.236 bits per heavy atom. The number of hydrogen-bond donors (Lipinski definition) is 5. The van der Waals surface area contributed by atoms with Crippen LogP contribution in [0.5, 0.6) is 0 Å². The van der Waals surface area contributed by atoms with Gasteiger partial charge in [0.05, 0.1) is 55.2 Å². The van der Waals surface area contributed by atoms with Crippen molar-refractivity contribution >= 4 is 55.2 Å². The van der Waals surface area contributed by atoms with E-state index in [2.05, 4.69) is 304 Å². The van der Waals surface area contributed by atoms with E-state index >= 15 is 0 Å². The Kier molecular flexibility index (Phi) is 31.4. The maximum Gasteiger partial charge on any atom is 0.115 e. The molecule has 25 rings (SSSR count). The summed E-state index contributed by atoms with van der Waals surface area (Å²) in [6, 6.07) is 70.8. The number of aromatic nitrogens is 10. The molecule has 12 aromatic rings. The normalized spacial score (nSPS) is 24.0. The lowest BCUT2D eigenvalue weighted by Crippen LogP contribution is -2.47. The highest BCUT2D eigenvalue weighted by atomic mass is 15.3. The zero-order valence-corrected chi connectivity index (χ0v) is 86.2.